The molecule has 0 saturated carbocycles. The van der Waals surface area contributed by atoms with Gasteiger partial charge in [0.1, 0.15) is 12.4 Å². The number of hydrogen-bond acceptors (Lipinski definition) is 3. The second-order valence-electron chi connectivity index (χ2n) is 5.79. The van der Waals surface area contributed by atoms with Crippen LogP contribution in [0.2, 0.25) is 0 Å². The third-order valence-electron chi connectivity index (χ3n) is 4.09. The highest BCUT2D eigenvalue weighted by atomic mass is 16.5. The van der Waals surface area contributed by atoms with Crippen LogP contribution in [0.15, 0.2) is 36.4 Å². The molecule has 0 radical (unpaired) electrons. The van der Waals surface area contributed by atoms with Crippen molar-refractivity contribution in [2.45, 2.75) is 38.3 Å². The van der Waals surface area contributed by atoms with E-state index in [1.807, 2.05) is 19.1 Å². The molecule has 1 saturated heterocycles. The first kappa shape index (κ1) is 14.4. The van der Waals surface area contributed by atoms with Crippen LogP contribution in [0.5, 0.6) is 5.75 Å². The zero-order valence-corrected chi connectivity index (χ0v) is 12.5. The largest absolute Gasteiger partial charge is 0.490 e. The first-order valence-corrected chi connectivity index (χ1v) is 7.77. The second kappa shape index (κ2) is 6.46. The van der Waals surface area contributed by atoms with Crippen LogP contribution in [0.1, 0.15) is 37.8 Å². The predicted octanol–water partition coefficient (Wildman–Crippen LogP) is 3.81. The predicted molar refractivity (Wildman–Crippen MR) is 85.6 cm³/mol. The Hall–Kier alpha value is -1.58. The number of nitrogens with two attached hydrogens (primary N) is 1. The highest BCUT2D eigenvalue weighted by Gasteiger charge is 2.17. The van der Waals surface area contributed by atoms with E-state index in [2.05, 4.69) is 24.3 Å². The standard InChI is InChI=1S/C18H23NO2/c1-13(19)16-10-9-14-6-2-3-8-17(14)18(16)21-12-15-7-4-5-11-20-15/h2-3,6,8-10,13,15H,4-5,7,11-12,19H2,1H3/t13-,15?/m1/s1. The van der Waals surface area contributed by atoms with E-state index in [0.717, 1.165) is 36.1 Å². The fourth-order valence-electron chi connectivity index (χ4n) is 2.89. The van der Waals surface area contributed by atoms with E-state index in [9.17, 15) is 0 Å². The molecule has 1 aliphatic heterocycles. The van der Waals surface area contributed by atoms with Gasteiger partial charge in [-0.3, -0.25) is 0 Å². The summed E-state index contributed by atoms with van der Waals surface area (Å²) in [5.41, 5.74) is 7.16. The summed E-state index contributed by atoms with van der Waals surface area (Å²) in [5.74, 6) is 0.914. The maximum Gasteiger partial charge on any atom is 0.132 e. The lowest BCUT2D eigenvalue weighted by Crippen LogP contribution is -2.26. The molecule has 1 heterocycles. The molecular weight excluding hydrogens is 262 g/mol. The summed E-state index contributed by atoms with van der Waals surface area (Å²) in [6.07, 6.45) is 3.68. The van der Waals surface area contributed by atoms with E-state index >= 15 is 0 Å². The van der Waals surface area contributed by atoms with Gasteiger partial charge >= 0.3 is 0 Å². The number of rotatable bonds is 4. The number of hydrogen-bond donors (Lipinski definition) is 1. The molecule has 2 atom stereocenters. The smallest absolute Gasteiger partial charge is 0.132 e. The average Bonchev–Trinajstić information content (AvgIpc) is 2.53. The molecule has 0 aliphatic carbocycles. The van der Waals surface area contributed by atoms with Crippen molar-refractivity contribution in [3.63, 3.8) is 0 Å². The Balaban J connectivity index is 1.88. The van der Waals surface area contributed by atoms with E-state index in [0.29, 0.717) is 6.61 Å². The van der Waals surface area contributed by atoms with Gasteiger partial charge in [0.05, 0.1) is 6.10 Å². The summed E-state index contributed by atoms with van der Waals surface area (Å²) >= 11 is 0. The van der Waals surface area contributed by atoms with Gasteiger partial charge in [0.25, 0.3) is 0 Å². The highest BCUT2D eigenvalue weighted by Crippen LogP contribution is 2.33. The van der Waals surface area contributed by atoms with Crippen molar-refractivity contribution >= 4 is 10.8 Å². The van der Waals surface area contributed by atoms with Gasteiger partial charge in [0.15, 0.2) is 0 Å². The van der Waals surface area contributed by atoms with Crippen LogP contribution in [0.3, 0.4) is 0 Å². The van der Waals surface area contributed by atoms with Crippen LogP contribution < -0.4 is 10.5 Å². The molecule has 0 aromatic heterocycles. The normalized spacial score (nSPS) is 20.4. The van der Waals surface area contributed by atoms with Gasteiger partial charge in [0, 0.05) is 23.6 Å². The zero-order valence-electron chi connectivity index (χ0n) is 12.5. The molecular formula is C18H23NO2. The molecule has 3 nitrogen and oxygen atoms in total. The van der Waals surface area contributed by atoms with Crippen LogP contribution in [-0.2, 0) is 4.74 Å². The topological polar surface area (TPSA) is 44.5 Å². The molecule has 2 aromatic rings. The molecule has 0 bridgehead atoms. The Morgan fingerprint density at radius 3 is 2.86 bits per heavy atom. The van der Waals surface area contributed by atoms with Crippen LogP contribution in [0.25, 0.3) is 10.8 Å². The van der Waals surface area contributed by atoms with Gasteiger partial charge in [-0.05, 0) is 31.6 Å². The van der Waals surface area contributed by atoms with Crippen LogP contribution in [-0.4, -0.2) is 19.3 Å². The average molecular weight is 285 g/mol. The lowest BCUT2D eigenvalue weighted by Gasteiger charge is -2.24. The Labute approximate surface area is 126 Å². The lowest BCUT2D eigenvalue weighted by atomic mass is 10.0. The summed E-state index contributed by atoms with van der Waals surface area (Å²) in [6, 6.07) is 12.4. The van der Waals surface area contributed by atoms with Crippen molar-refractivity contribution in [2.75, 3.05) is 13.2 Å². The molecule has 3 heteroatoms. The van der Waals surface area contributed by atoms with Crippen molar-refractivity contribution < 1.29 is 9.47 Å². The Bertz CT molecular complexity index is 603. The number of benzene rings is 2. The molecule has 3 rings (SSSR count). The minimum atomic E-state index is -0.0446. The minimum Gasteiger partial charge on any atom is -0.490 e. The minimum absolute atomic E-state index is 0.0446. The van der Waals surface area contributed by atoms with E-state index < -0.39 is 0 Å². The third-order valence-corrected chi connectivity index (χ3v) is 4.09. The van der Waals surface area contributed by atoms with Crippen molar-refractivity contribution in [3.8, 4) is 5.75 Å². The van der Waals surface area contributed by atoms with Crippen LogP contribution >= 0.6 is 0 Å². The monoisotopic (exact) mass is 285 g/mol. The van der Waals surface area contributed by atoms with Gasteiger partial charge < -0.3 is 15.2 Å². The van der Waals surface area contributed by atoms with Crippen LogP contribution in [0.4, 0.5) is 0 Å². The SMILES string of the molecule is C[C@@H](N)c1ccc2ccccc2c1OCC1CCCCO1. The third kappa shape index (κ3) is 3.20. The molecule has 0 spiro atoms. The Morgan fingerprint density at radius 2 is 2.10 bits per heavy atom. The second-order valence-corrected chi connectivity index (χ2v) is 5.79. The van der Waals surface area contributed by atoms with E-state index in [1.165, 1.54) is 11.8 Å². The van der Waals surface area contributed by atoms with Gasteiger partial charge in [-0.25, -0.2) is 0 Å². The molecule has 112 valence electrons. The Kier molecular flexibility index (Phi) is 4.42. The summed E-state index contributed by atoms with van der Waals surface area (Å²) < 4.78 is 11.9. The van der Waals surface area contributed by atoms with Gasteiger partial charge in [-0.15, -0.1) is 0 Å². The summed E-state index contributed by atoms with van der Waals surface area (Å²) in [6.45, 7) is 3.45. The fraction of sp³-hybridized carbons (Fsp3) is 0.444. The van der Waals surface area contributed by atoms with Crippen LogP contribution in [0, 0.1) is 0 Å². The fourth-order valence-corrected chi connectivity index (χ4v) is 2.89. The van der Waals surface area contributed by atoms with Crippen molar-refractivity contribution in [3.05, 3.63) is 42.0 Å². The van der Waals surface area contributed by atoms with E-state index in [1.54, 1.807) is 0 Å². The molecule has 0 amide bonds. The quantitative estimate of drug-likeness (QED) is 0.929. The lowest BCUT2D eigenvalue weighted by molar-refractivity contribution is -0.0109. The number of fused-ring (bicyclic) bond motifs is 1. The molecule has 2 aromatic carbocycles. The zero-order chi connectivity index (χ0) is 14.7. The molecule has 2 N–H and O–H groups in total. The first-order valence-electron chi connectivity index (χ1n) is 7.77. The van der Waals surface area contributed by atoms with E-state index in [4.69, 9.17) is 15.2 Å². The number of ether oxygens (including phenoxy) is 2. The summed E-state index contributed by atoms with van der Waals surface area (Å²) in [5, 5.41) is 2.31. The van der Waals surface area contributed by atoms with Gasteiger partial charge in [0.2, 0.25) is 0 Å². The molecule has 1 fully saturated rings. The molecule has 1 unspecified atom stereocenters. The maximum absolute atomic E-state index is 6.15. The summed E-state index contributed by atoms with van der Waals surface area (Å²) in [4.78, 5) is 0. The van der Waals surface area contributed by atoms with Crippen molar-refractivity contribution in [2.24, 2.45) is 5.73 Å². The first-order chi connectivity index (χ1) is 10.3. The molecule has 21 heavy (non-hydrogen) atoms. The highest BCUT2D eigenvalue weighted by molar-refractivity contribution is 5.89. The van der Waals surface area contributed by atoms with Gasteiger partial charge in [-0.1, -0.05) is 36.4 Å². The molecule has 1 aliphatic rings. The van der Waals surface area contributed by atoms with Crippen molar-refractivity contribution in [1.29, 1.82) is 0 Å². The van der Waals surface area contributed by atoms with Gasteiger partial charge in [-0.2, -0.15) is 0 Å². The summed E-state index contributed by atoms with van der Waals surface area (Å²) in [7, 11) is 0. The van der Waals surface area contributed by atoms with E-state index in [-0.39, 0.29) is 12.1 Å². The maximum atomic E-state index is 6.15. The Morgan fingerprint density at radius 1 is 1.24 bits per heavy atom. The van der Waals surface area contributed by atoms with Crippen molar-refractivity contribution in [1.82, 2.24) is 0 Å².